The molecule has 4 heteroatoms. The molecule has 1 aromatic rings. The fourth-order valence-corrected chi connectivity index (χ4v) is 12.3. The first kappa shape index (κ1) is 24.1. The monoisotopic (exact) mass is 430 g/mol. The Bertz CT molecular complexity index is 695. The molecule has 1 aliphatic heterocycles. The average Bonchev–Trinajstić information content (AvgIpc) is 3.22. The van der Waals surface area contributed by atoms with Crippen molar-refractivity contribution in [1.29, 1.82) is 0 Å². The molecule has 0 saturated carbocycles. The molecule has 0 amide bonds. The van der Waals surface area contributed by atoms with E-state index in [-0.39, 0.29) is 0 Å². The second-order valence-corrected chi connectivity index (χ2v) is 19.3. The van der Waals surface area contributed by atoms with Crippen LogP contribution in [-0.4, -0.2) is 22.9 Å². The molecule has 1 aromatic carbocycles. The number of benzene rings is 1. The molecule has 1 heterocycles. The highest BCUT2D eigenvalue weighted by molar-refractivity contribution is 6.87. The Kier molecular flexibility index (Phi) is 8.91. The van der Waals surface area contributed by atoms with E-state index in [9.17, 15) is 0 Å². The van der Waals surface area contributed by atoms with Gasteiger partial charge in [-0.15, -0.1) is 11.5 Å². The zero-order chi connectivity index (χ0) is 21.5. The van der Waals surface area contributed by atoms with Crippen LogP contribution in [0.1, 0.15) is 54.0 Å². The summed E-state index contributed by atoms with van der Waals surface area (Å²) in [4.78, 5) is 0. The Balaban J connectivity index is 2.36. The Morgan fingerprint density at radius 2 is 1.45 bits per heavy atom. The van der Waals surface area contributed by atoms with Crippen LogP contribution < -0.4 is 9.47 Å². The summed E-state index contributed by atoms with van der Waals surface area (Å²) >= 11 is 0. The molecular weight excluding hydrogens is 388 g/mol. The molecule has 0 spiro atoms. The van der Waals surface area contributed by atoms with Gasteiger partial charge in [0, 0.05) is 5.54 Å². The number of hydrogen-bond donors (Lipinski definition) is 0. The van der Waals surface area contributed by atoms with Gasteiger partial charge in [-0.2, -0.15) is 0 Å². The summed E-state index contributed by atoms with van der Waals surface area (Å²) in [6.07, 6.45) is 1.07. The normalized spacial score (nSPS) is 15.6. The van der Waals surface area contributed by atoms with Gasteiger partial charge in [-0.1, -0.05) is 72.7 Å². The maximum Gasteiger partial charge on any atom is 0.231 e. The Hall–Kier alpha value is -1.19. The minimum absolute atomic E-state index is 0.345. The van der Waals surface area contributed by atoms with Crippen molar-refractivity contribution in [2.24, 2.45) is 5.92 Å². The second kappa shape index (κ2) is 10.7. The van der Waals surface area contributed by atoms with Gasteiger partial charge in [-0.25, -0.2) is 0 Å². The van der Waals surface area contributed by atoms with Gasteiger partial charge in [0.2, 0.25) is 6.79 Å². The van der Waals surface area contributed by atoms with Crippen molar-refractivity contribution in [2.45, 2.75) is 96.7 Å². The Labute approximate surface area is 181 Å². The largest absolute Gasteiger partial charge is 0.454 e. The van der Waals surface area contributed by atoms with Gasteiger partial charge in [0.1, 0.15) is 8.07 Å². The molecule has 0 radical (unpaired) electrons. The predicted molar refractivity (Wildman–Crippen MR) is 131 cm³/mol. The molecule has 1 aliphatic rings. The van der Waals surface area contributed by atoms with E-state index in [0.717, 1.165) is 17.9 Å². The number of ether oxygens (including phenoxy) is 2. The van der Waals surface area contributed by atoms with Gasteiger partial charge in [-0.3, -0.25) is 0 Å². The minimum Gasteiger partial charge on any atom is -0.454 e. The van der Waals surface area contributed by atoms with Crippen molar-refractivity contribution < 1.29 is 9.47 Å². The first-order valence-electron chi connectivity index (χ1n) is 11.8. The Morgan fingerprint density at radius 3 is 2.00 bits per heavy atom. The lowest BCUT2D eigenvalue weighted by Gasteiger charge is -2.38. The van der Waals surface area contributed by atoms with Crippen LogP contribution in [0.2, 0.25) is 41.8 Å². The quantitative estimate of drug-likeness (QED) is 0.282. The highest BCUT2D eigenvalue weighted by Gasteiger charge is 2.39. The molecule has 29 heavy (non-hydrogen) atoms. The van der Waals surface area contributed by atoms with Gasteiger partial charge in [-0.05, 0) is 48.2 Å². The smallest absolute Gasteiger partial charge is 0.231 e. The van der Waals surface area contributed by atoms with Crippen molar-refractivity contribution in [3.63, 3.8) is 0 Å². The molecule has 0 N–H and O–H groups in total. The summed E-state index contributed by atoms with van der Waals surface area (Å²) in [5.41, 5.74) is 5.90. The third kappa shape index (κ3) is 5.30. The number of hydrogen-bond acceptors (Lipinski definition) is 2. The van der Waals surface area contributed by atoms with Gasteiger partial charge in [0.25, 0.3) is 0 Å². The van der Waals surface area contributed by atoms with Crippen molar-refractivity contribution in [3.05, 3.63) is 23.8 Å². The highest BCUT2D eigenvalue weighted by atomic mass is 28.3. The lowest BCUT2D eigenvalue weighted by Crippen LogP contribution is -2.41. The Morgan fingerprint density at radius 1 is 0.862 bits per heavy atom. The van der Waals surface area contributed by atoms with Crippen LogP contribution >= 0.6 is 0 Å². The molecule has 2 rings (SSSR count). The van der Waals surface area contributed by atoms with E-state index < -0.39 is 16.1 Å². The summed E-state index contributed by atoms with van der Waals surface area (Å²) in [5, 5.41) is 0. The van der Waals surface area contributed by atoms with E-state index in [1.54, 1.807) is 0 Å². The van der Waals surface area contributed by atoms with Crippen LogP contribution in [0.5, 0.6) is 11.5 Å². The third-order valence-electron chi connectivity index (χ3n) is 7.86. The predicted octanol–water partition coefficient (Wildman–Crippen LogP) is 7.52. The van der Waals surface area contributed by atoms with Crippen molar-refractivity contribution in [3.8, 4) is 23.0 Å². The topological polar surface area (TPSA) is 18.5 Å². The first-order valence-corrected chi connectivity index (χ1v) is 17.2. The van der Waals surface area contributed by atoms with E-state index in [2.05, 4.69) is 78.1 Å². The minimum atomic E-state index is -1.43. The summed E-state index contributed by atoms with van der Waals surface area (Å²) in [6.45, 7) is 17.1. The van der Waals surface area contributed by atoms with Crippen LogP contribution in [0.15, 0.2) is 18.2 Å². The lowest BCUT2D eigenvalue weighted by molar-refractivity contribution is 0.174. The second-order valence-electron chi connectivity index (χ2n) is 8.88. The van der Waals surface area contributed by atoms with Crippen LogP contribution in [0.3, 0.4) is 0 Å². The van der Waals surface area contributed by atoms with Crippen LogP contribution in [0.4, 0.5) is 0 Å². The summed E-state index contributed by atoms with van der Waals surface area (Å²) < 4.78 is 11.1. The third-order valence-corrected chi connectivity index (χ3v) is 18.9. The van der Waals surface area contributed by atoms with E-state index >= 15 is 0 Å². The van der Waals surface area contributed by atoms with Crippen LogP contribution in [0.25, 0.3) is 0 Å². The first-order chi connectivity index (χ1) is 13.9. The van der Waals surface area contributed by atoms with E-state index in [1.165, 1.54) is 41.8 Å². The van der Waals surface area contributed by atoms with Gasteiger partial charge in [0.15, 0.2) is 11.5 Å². The molecule has 0 aliphatic carbocycles. The standard InChI is InChI=1S/C25H42O2Si2/c1-8-28(9-2,10-3)17-16-25(29(11-4,12-5)13-6)21(7)18-22-14-15-23-24(19-22)27-20-26-23/h14-15,19,21,25H,8-13,18,20H2,1-7H3. The van der Waals surface area contributed by atoms with Crippen LogP contribution in [0, 0.1) is 17.4 Å². The maximum atomic E-state index is 5.61. The molecule has 162 valence electrons. The van der Waals surface area contributed by atoms with E-state index in [1.807, 2.05) is 0 Å². The summed E-state index contributed by atoms with van der Waals surface area (Å²) in [5.74, 6) is 6.35. The maximum absolute atomic E-state index is 5.61. The molecule has 0 saturated heterocycles. The molecule has 0 fully saturated rings. The SMILES string of the molecule is CC[Si](C#CC(C(C)Cc1ccc2c(c1)OCO2)[Si](CC)(CC)CC)(CC)CC. The molecule has 2 nitrogen and oxygen atoms in total. The van der Waals surface area contributed by atoms with Crippen LogP contribution in [-0.2, 0) is 6.42 Å². The molecule has 0 aromatic heterocycles. The zero-order valence-electron chi connectivity index (χ0n) is 19.9. The fourth-order valence-electron chi connectivity index (χ4n) is 5.11. The average molecular weight is 431 g/mol. The van der Waals surface area contributed by atoms with Crippen molar-refractivity contribution >= 4 is 16.1 Å². The van der Waals surface area contributed by atoms with Gasteiger partial charge in [0.05, 0.1) is 8.07 Å². The van der Waals surface area contributed by atoms with E-state index in [0.29, 0.717) is 18.3 Å². The number of fused-ring (bicyclic) bond motifs is 1. The number of rotatable bonds is 10. The lowest BCUT2D eigenvalue weighted by atomic mass is 9.97. The summed E-state index contributed by atoms with van der Waals surface area (Å²) in [6, 6.07) is 14.3. The fraction of sp³-hybridized carbons (Fsp3) is 0.680. The molecular formula is C25H42O2Si2. The van der Waals surface area contributed by atoms with Gasteiger partial charge >= 0.3 is 0 Å². The van der Waals surface area contributed by atoms with Crippen molar-refractivity contribution in [2.75, 3.05) is 6.79 Å². The highest BCUT2D eigenvalue weighted by Crippen LogP contribution is 2.41. The van der Waals surface area contributed by atoms with Crippen molar-refractivity contribution in [1.82, 2.24) is 0 Å². The zero-order valence-corrected chi connectivity index (χ0v) is 21.9. The molecule has 2 unspecified atom stereocenters. The van der Waals surface area contributed by atoms with E-state index in [4.69, 9.17) is 9.47 Å². The summed E-state index contributed by atoms with van der Waals surface area (Å²) in [7, 11) is -2.85. The molecule has 2 atom stereocenters. The molecule has 0 bridgehead atoms. The van der Waals surface area contributed by atoms with Gasteiger partial charge < -0.3 is 9.47 Å².